The summed E-state index contributed by atoms with van der Waals surface area (Å²) < 4.78 is 0. The maximum atomic E-state index is 11.5. The second-order valence-corrected chi connectivity index (χ2v) is 4.77. The topological polar surface area (TPSA) is 82.5 Å². The van der Waals surface area contributed by atoms with Crippen molar-refractivity contribution < 1.29 is 14.7 Å². The summed E-state index contributed by atoms with van der Waals surface area (Å²) in [6, 6.07) is 3.55. The van der Waals surface area contributed by atoms with E-state index in [1.54, 1.807) is 26.2 Å². The first kappa shape index (κ1) is 13.3. The lowest BCUT2D eigenvalue weighted by atomic mass is 9.87. The van der Waals surface area contributed by atoms with Gasteiger partial charge in [-0.15, -0.1) is 0 Å². The van der Waals surface area contributed by atoms with Crippen molar-refractivity contribution in [3.63, 3.8) is 0 Å². The molecular weight excluding hydrogens is 246 g/mol. The maximum Gasteiger partial charge on any atom is 0.306 e. The minimum absolute atomic E-state index is 0.161. The SMILES string of the molecule is CNC(=O)c1cc(N2CC(C(C)C(=O)O)C2)ccn1. The standard InChI is InChI=1S/C13H17N3O3/c1-8(13(18)19)9-6-16(7-9)10-3-4-15-11(5-10)12(17)14-2/h3-5,8-9H,6-7H2,1-2H3,(H,14,17)(H,18,19). The van der Waals surface area contributed by atoms with Gasteiger partial charge in [-0.2, -0.15) is 0 Å². The molecule has 1 fully saturated rings. The molecular formula is C13H17N3O3. The van der Waals surface area contributed by atoms with Crippen molar-refractivity contribution >= 4 is 17.6 Å². The van der Waals surface area contributed by atoms with E-state index in [1.165, 1.54) is 0 Å². The quantitative estimate of drug-likeness (QED) is 0.831. The number of hydrogen-bond donors (Lipinski definition) is 2. The first-order chi connectivity index (χ1) is 9.02. The zero-order valence-corrected chi connectivity index (χ0v) is 11.0. The molecule has 102 valence electrons. The van der Waals surface area contributed by atoms with Gasteiger partial charge in [-0.25, -0.2) is 0 Å². The van der Waals surface area contributed by atoms with Crippen LogP contribution in [0.3, 0.4) is 0 Å². The molecule has 19 heavy (non-hydrogen) atoms. The highest BCUT2D eigenvalue weighted by atomic mass is 16.4. The third-order valence-corrected chi connectivity index (χ3v) is 3.57. The summed E-state index contributed by atoms with van der Waals surface area (Å²) in [6.45, 7) is 3.13. The summed E-state index contributed by atoms with van der Waals surface area (Å²) >= 11 is 0. The number of hydrogen-bond acceptors (Lipinski definition) is 4. The first-order valence-corrected chi connectivity index (χ1v) is 6.18. The van der Waals surface area contributed by atoms with Crippen LogP contribution in [0.5, 0.6) is 0 Å². The number of aliphatic carboxylic acids is 1. The van der Waals surface area contributed by atoms with Crippen LogP contribution in [-0.4, -0.2) is 42.1 Å². The number of carboxylic acid groups (broad SMARTS) is 1. The Labute approximate surface area is 111 Å². The Balaban J connectivity index is 2.02. The van der Waals surface area contributed by atoms with E-state index in [1.807, 2.05) is 6.07 Å². The number of nitrogens with zero attached hydrogens (tertiary/aromatic N) is 2. The molecule has 6 heteroatoms. The summed E-state index contributed by atoms with van der Waals surface area (Å²) in [6.07, 6.45) is 1.59. The Hall–Kier alpha value is -2.11. The molecule has 2 heterocycles. The third kappa shape index (κ3) is 2.67. The molecule has 1 aromatic heterocycles. The first-order valence-electron chi connectivity index (χ1n) is 6.18. The van der Waals surface area contributed by atoms with E-state index in [0.717, 1.165) is 5.69 Å². The summed E-state index contributed by atoms with van der Waals surface area (Å²) in [5.74, 6) is -1.16. The van der Waals surface area contributed by atoms with Gasteiger partial charge in [-0.05, 0) is 12.1 Å². The fraction of sp³-hybridized carbons (Fsp3) is 0.462. The Bertz CT molecular complexity index is 498. The van der Waals surface area contributed by atoms with Crippen LogP contribution in [0.2, 0.25) is 0 Å². The van der Waals surface area contributed by atoms with Crippen LogP contribution in [0.25, 0.3) is 0 Å². The highest BCUT2D eigenvalue weighted by molar-refractivity contribution is 5.92. The third-order valence-electron chi connectivity index (χ3n) is 3.57. The molecule has 1 saturated heterocycles. The second-order valence-electron chi connectivity index (χ2n) is 4.77. The molecule has 1 atom stereocenters. The van der Waals surface area contributed by atoms with Gasteiger partial charge >= 0.3 is 5.97 Å². The highest BCUT2D eigenvalue weighted by Crippen LogP contribution is 2.29. The lowest BCUT2D eigenvalue weighted by molar-refractivity contribution is -0.143. The number of aromatic nitrogens is 1. The summed E-state index contributed by atoms with van der Waals surface area (Å²) in [5.41, 5.74) is 1.28. The lowest BCUT2D eigenvalue weighted by Crippen LogP contribution is -2.51. The normalized spacial score (nSPS) is 16.6. The summed E-state index contributed by atoms with van der Waals surface area (Å²) in [4.78, 5) is 28.4. The number of carbonyl (C=O) groups is 2. The van der Waals surface area contributed by atoms with Crippen LogP contribution < -0.4 is 10.2 Å². The van der Waals surface area contributed by atoms with Crippen LogP contribution in [0, 0.1) is 11.8 Å². The summed E-state index contributed by atoms with van der Waals surface area (Å²) in [7, 11) is 1.56. The van der Waals surface area contributed by atoms with Gasteiger partial charge in [0, 0.05) is 37.9 Å². The van der Waals surface area contributed by atoms with E-state index in [4.69, 9.17) is 5.11 Å². The van der Waals surface area contributed by atoms with Gasteiger partial charge < -0.3 is 15.3 Å². The zero-order valence-electron chi connectivity index (χ0n) is 11.0. The molecule has 1 unspecified atom stereocenters. The average Bonchev–Trinajstić information content (AvgIpc) is 2.36. The van der Waals surface area contributed by atoms with Crippen molar-refractivity contribution in [3.05, 3.63) is 24.0 Å². The Morgan fingerprint density at radius 2 is 2.21 bits per heavy atom. The van der Waals surface area contributed by atoms with Crippen LogP contribution in [0.15, 0.2) is 18.3 Å². The van der Waals surface area contributed by atoms with Crippen molar-refractivity contribution in [2.45, 2.75) is 6.92 Å². The van der Waals surface area contributed by atoms with E-state index in [2.05, 4.69) is 15.2 Å². The molecule has 6 nitrogen and oxygen atoms in total. The number of amides is 1. The number of anilines is 1. The largest absolute Gasteiger partial charge is 0.481 e. The fourth-order valence-corrected chi connectivity index (χ4v) is 2.11. The van der Waals surface area contributed by atoms with Gasteiger partial charge in [0.05, 0.1) is 5.92 Å². The number of carbonyl (C=O) groups excluding carboxylic acids is 1. The van der Waals surface area contributed by atoms with E-state index in [0.29, 0.717) is 18.8 Å². The van der Waals surface area contributed by atoms with Crippen LogP contribution in [0.1, 0.15) is 17.4 Å². The van der Waals surface area contributed by atoms with Crippen LogP contribution in [0.4, 0.5) is 5.69 Å². The Morgan fingerprint density at radius 1 is 1.53 bits per heavy atom. The Kier molecular flexibility index (Phi) is 3.69. The van der Waals surface area contributed by atoms with Crippen LogP contribution in [-0.2, 0) is 4.79 Å². The molecule has 1 aliphatic heterocycles. The van der Waals surface area contributed by atoms with E-state index in [9.17, 15) is 9.59 Å². The van der Waals surface area contributed by atoms with Gasteiger partial charge in [0.2, 0.25) is 0 Å². The highest BCUT2D eigenvalue weighted by Gasteiger charge is 2.34. The molecule has 0 aromatic carbocycles. The molecule has 0 bridgehead atoms. The molecule has 1 amide bonds. The van der Waals surface area contributed by atoms with E-state index in [-0.39, 0.29) is 17.7 Å². The smallest absolute Gasteiger partial charge is 0.306 e. The van der Waals surface area contributed by atoms with Crippen LogP contribution >= 0.6 is 0 Å². The maximum absolute atomic E-state index is 11.5. The predicted octanol–water partition coefficient (Wildman–Crippen LogP) is 0.598. The lowest BCUT2D eigenvalue weighted by Gasteiger charge is -2.42. The molecule has 0 saturated carbocycles. The van der Waals surface area contributed by atoms with E-state index < -0.39 is 5.97 Å². The van der Waals surface area contributed by atoms with Gasteiger partial charge in [0.15, 0.2) is 0 Å². The van der Waals surface area contributed by atoms with Gasteiger partial charge in [0.1, 0.15) is 5.69 Å². The van der Waals surface area contributed by atoms with Gasteiger partial charge in [0.25, 0.3) is 5.91 Å². The minimum atomic E-state index is -0.759. The summed E-state index contributed by atoms with van der Waals surface area (Å²) in [5, 5.41) is 11.5. The molecule has 1 aromatic rings. The molecule has 0 radical (unpaired) electrons. The number of pyridine rings is 1. The minimum Gasteiger partial charge on any atom is -0.481 e. The number of nitrogens with one attached hydrogen (secondary N) is 1. The van der Waals surface area contributed by atoms with Crippen molar-refractivity contribution in [1.82, 2.24) is 10.3 Å². The molecule has 2 rings (SSSR count). The Morgan fingerprint density at radius 3 is 2.79 bits per heavy atom. The number of rotatable bonds is 4. The van der Waals surface area contributed by atoms with Gasteiger partial charge in [-0.3, -0.25) is 14.6 Å². The molecule has 0 aliphatic carbocycles. The average molecular weight is 263 g/mol. The monoisotopic (exact) mass is 263 g/mol. The predicted molar refractivity (Wildman–Crippen MR) is 70.1 cm³/mol. The second kappa shape index (κ2) is 5.26. The van der Waals surface area contributed by atoms with E-state index >= 15 is 0 Å². The molecule has 0 spiro atoms. The van der Waals surface area contributed by atoms with Crippen molar-refractivity contribution in [1.29, 1.82) is 0 Å². The van der Waals surface area contributed by atoms with Gasteiger partial charge in [-0.1, -0.05) is 6.92 Å². The molecule has 1 aliphatic rings. The van der Waals surface area contributed by atoms with Crippen molar-refractivity contribution in [2.75, 3.05) is 25.0 Å². The van der Waals surface area contributed by atoms with Crippen molar-refractivity contribution in [2.24, 2.45) is 11.8 Å². The number of carboxylic acids is 1. The van der Waals surface area contributed by atoms with Crippen molar-refractivity contribution in [3.8, 4) is 0 Å². The zero-order chi connectivity index (χ0) is 14.0. The fourth-order valence-electron chi connectivity index (χ4n) is 2.11. The molecule has 2 N–H and O–H groups in total.